The van der Waals surface area contributed by atoms with Crippen LogP contribution >= 0.6 is 0 Å². The standard InChI is InChI=1S/C42H36N2/c1-3-15-32-17-11-13-23-38(32)43-36-27-25-31(26-28-36)37-29-30-40(44-39-24-14-12-18-33(39)16-4-2)42(35-21-9-6-10-22-35)41(37)34-19-7-5-8-20-34/h3-14,17-30,43-44H,1-2,15-16H2. The van der Waals surface area contributed by atoms with Gasteiger partial charge in [0.1, 0.15) is 0 Å². The fourth-order valence-corrected chi connectivity index (χ4v) is 5.74. The molecule has 0 bridgehead atoms. The van der Waals surface area contributed by atoms with E-state index in [9.17, 15) is 0 Å². The Morgan fingerprint density at radius 3 is 1.48 bits per heavy atom. The summed E-state index contributed by atoms with van der Waals surface area (Å²) in [4.78, 5) is 0. The van der Waals surface area contributed by atoms with E-state index in [0.717, 1.165) is 46.7 Å². The second-order valence-corrected chi connectivity index (χ2v) is 10.8. The summed E-state index contributed by atoms with van der Waals surface area (Å²) in [7, 11) is 0. The molecule has 44 heavy (non-hydrogen) atoms. The van der Waals surface area contributed by atoms with Gasteiger partial charge in [-0.05, 0) is 82.1 Å². The Balaban J connectivity index is 1.48. The molecular weight excluding hydrogens is 532 g/mol. The summed E-state index contributed by atoms with van der Waals surface area (Å²) in [5.74, 6) is 0. The van der Waals surface area contributed by atoms with Crippen LogP contribution in [0.25, 0.3) is 33.4 Å². The molecule has 2 nitrogen and oxygen atoms in total. The molecule has 6 aromatic rings. The molecule has 0 saturated carbocycles. The molecule has 0 amide bonds. The van der Waals surface area contributed by atoms with Crippen LogP contribution in [0.5, 0.6) is 0 Å². The summed E-state index contributed by atoms with van der Waals surface area (Å²) >= 11 is 0. The predicted molar refractivity (Wildman–Crippen MR) is 190 cm³/mol. The van der Waals surface area contributed by atoms with Gasteiger partial charge in [0.2, 0.25) is 0 Å². The third-order valence-electron chi connectivity index (χ3n) is 7.84. The van der Waals surface area contributed by atoms with Gasteiger partial charge in [-0.1, -0.05) is 127 Å². The zero-order valence-corrected chi connectivity index (χ0v) is 24.8. The van der Waals surface area contributed by atoms with Gasteiger partial charge in [0.15, 0.2) is 0 Å². The van der Waals surface area contributed by atoms with Crippen LogP contribution in [0.1, 0.15) is 11.1 Å². The lowest BCUT2D eigenvalue weighted by Crippen LogP contribution is -2.00. The van der Waals surface area contributed by atoms with Crippen LogP contribution in [0.4, 0.5) is 22.7 Å². The van der Waals surface area contributed by atoms with Crippen LogP contribution in [0, 0.1) is 0 Å². The molecule has 6 aromatic carbocycles. The maximum atomic E-state index is 3.97. The first-order chi connectivity index (χ1) is 21.7. The van der Waals surface area contributed by atoms with Crippen molar-refractivity contribution in [2.24, 2.45) is 0 Å². The first-order valence-corrected chi connectivity index (χ1v) is 15.0. The summed E-state index contributed by atoms with van der Waals surface area (Å²) in [5, 5.41) is 7.41. The molecule has 0 spiro atoms. The van der Waals surface area contributed by atoms with Crippen molar-refractivity contribution >= 4 is 22.7 Å². The van der Waals surface area contributed by atoms with E-state index in [1.165, 1.54) is 33.4 Å². The van der Waals surface area contributed by atoms with E-state index >= 15 is 0 Å². The van der Waals surface area contributed by atoms with Crippen molar-refractivity contribution in [1.29, 1.82) is 0 Å². The lowest BCUT2D eigenvalue weighted by molar-refractivity contribution is 1.27. The van der Waals surface area contributed by atoms with Crippen molar-refractivity contribution in [3.8, 4) is 33.4 Å². The molecule has 0 saturated heterocycles. The minimum absolute atomic E-state index is 0.798. The van der Waals surface area contributed by atoms with E-state index in [4.69, 9.17) is 0 Å². The van der Waals surface area contributed by atoms with Crippen LogP contribution in [0.3, 0.4) is 0 Å². The number of benzene rings is 6. The molecule has 0 heterocycles. The first-order valence-electron chi connectivity index (χ1n) is 15.0. The smallest absolute Gasteiger partial charge is 0.0470 e. The monoisotopic (exact) mass is 568 g/mol. The summed E-state index contributed by atoms with van der Waals surface area (Å²) in [6.45, 7) is 7.89. The van der Waals surface area contributed by atoms with Gasteiger partial charge >= 0.3 is 0 Å². The molecule has 0 atom stereocenters. The lowest BCUT2D eigenvalue weighted by Gasteiger charge is -2.22. The van der Waals surface area contributed by atoms with Gasteiger partial charge in [0.25, 0.3) is 0 Å². The van der Waals surface area contributed by atoms with Crippen LogP contribution in [-0.2, 0) is 12.8 Å². The Kier molecular flexibility index (Phi) is 8.80. The molecule has 0 aliphatic heterocycles. The Hall–Kier alpha value is -5.60. The normalized spacial score (nSPS) is 10.6. The van der Waals surface area contributed by atoms with Crippen molar-refractivity contribution < 1.29 is 0 Å². The van der Waals surface area contributed by atoms with Gasteiger partial charge in [-0.3, -0.25) is 0 Å². The minimum atomic E-state index is 0.798. The van der Waals surface area contributed by atoms with Gasteiger partial charge in [-0.2, -0.15) is 0 Å². The van der Waals surface area contributed by atoms with Gasteiger partial charge < -0.3 is 10.6 Å². The highest BCUT2D eigenvalue weighted by Crippen LogP contribution is 2.45. The Morgan fingerprint density at radius 1 is 0.409 bits per heavy atom. The Bertz CT molecular complexity index is 1870. The molecule has 0 aliphatic rings. The molecule has 2 N–H and O–H groups in total. The molecule has 0 aliphatic carbocycles. The van der Waals surface area contributed by atoms with E-state index in [1.807, 2.05) is 12.2 Å². The van der Waals surface area contributed by atoms with Crippen molar-refractivity contribution in [3.05, 3.63) is 182 Å². The summed E-state index contributed by atoms with van der Waals surface area (Å²) < 4.78 is 0. The zero-order valence-electron chi connectivity index (χ0n) is 24.8. The van der Waals surface area contributed by atoms with E-state index in [1.54, 1.807) is 0 Å². The average molecular weight is 569 g/mol. The fraction of sp³-hybridized carbons (Fsp3) is 0.0476. The topological polar surface area (TPSA) is 24.1 Å². The average Bonchev–Trinajstić information content (AvgIpc) is 3.08. The quantitative estimate of drug-likeness (QED) is 0.152. The first kappa shape index (κ1) is 28.5. The molecule has 0 fully saturated rings. The highest BCUT2D eigenvalue weighted by atomic mass is 14.9. The maximum absolute atomic E-state index is 3.97. The molecular formula is C42H36N2. The Labute approximate surface area is 261 Å². The second kappa shape index (κ2) is 13.6. The number of para-hydroxylation sites is 2. The van der Waals surface area contributed by atoms with Crippen LogP contribution < -0.4 is 10.6 Å². The van der Waals surface area contributed by atoms with Crippen molar-refractivity contribution in [3.63, 3.8) is 0 Å². The van der Waals surface area contributed by atoms with Crippen LogP contribution in [-0.4, -0.2) is 0 Å². The minimum Gasteiger partial charge on any atom is -0.355 e. The van der Waals surface area contributed by atoms with Gasteiger partial charge in [0.05, 0.1) is 0 Å². The van der Waals surface area contributed by atoms with Crippen LogP contribution in [0.2, 0.25) is 0 Å². The number of allylic oxidation sites excluding steroid dienone is 2. The van der Waals surface area contributed by atoms with E-state index < -0.39 is 0 Å². The second-order valence-electron chi connectivity index (χ2n) is 10.8. The van der Waals surface area contributed by atoms with Gasteiger partial charge in [-0.15, -0.1) is 13.2 Å². The van der Waals surface area contributed by atoms with E-state index in [-0.39, 0.29) is 0 Å². The van der Waals surface area contributed by atoms with Crippen molar-refractivity contribution in [2.45, 2.75) is 12.8 Å². The molecule has 214 valence electrons. The van der Waals surface area contributed by atoms with Crippen molar-refractivity contribution in [2.75, 3.05) is 10.6 Å². The number of nitrogens with one attached hydrogen (secondary N) is 2. The van der Waals surface area contributed by atoms with E-state index in [0.29, 0.717) is 0 Å². The molecule has 2 heteroatoms. The number of anilines is 4. The summed E-state index contributed by atoms with van der Waals surface area (Å²) in [6.07, 6.45) is 5.51. The number of rotatable bonds is 11. The predicted octanol–water partition coefficient (Wildman–Crippen LogP) is 11.6. The van der Waals surface area contributed by atoms with Crippen molar-refractivity contribution in [1.82, 2.24) is 0 Å². The lowest BCUT2D eigenvalue weighted by atomic mass is 9.86. The van der Waals surface area contributed by atoms with E-state index in [2.05, 4.69) is 169 Å². The maximum Gasteiger partial charge on any atom is 0.0470 e. The number of hydrogen-bond acceptors (Lipinski definition) is 2. The highest BCUT2D eigenvalue weighted by Gasteiger charge is 2.19. The zero-order chi connectivity index (χ0) is 30.1. The highest BCUT2D eigenvalue weighted by molar-refractivity contribution is 6.01. The third-order valence-corrected chi connectivity index (χ3v) is 7.84. The van der Waals surface area contributed by atoms with Gasteiger partial charge in [-0.25, -0.2) is 0 Å². The molecule has 6 rings (SSSR count). The van der Waals surface area contributed by atoms with Crippen LogP contribution in [0.15, 0.2) is 171 Å². The molecule has 0 radical (unpaired) electrons. The number of hydrogen-bond donors (Lipinski definition) is 2. The molecule has 0 aromatic heterocycles. The summed E-state index contributed by atoms with van der Waals surface area (Å²) in [6, 6.07) is 51.4. The fourth-order valence-electron chi connectivity index (χ4n) is 5.74. The van der Waals surface area contributed by atoms with Gasteiger partial charge in [0, 0.05) is 28.3 Å². The molecule has 0 unspecified atom stereocenters. The summed E-state index contributed by atoms with van der Waals surface area (Å²) in [5.41, 5.74) is 13.8. The Morgan fingerprint density at radius 2 is 0.909 bits per heavy atom. The third kappa shape index (κ3) is 6.25. The SMILES string of the molecule is C=CCc1ccccc1Nc1ccc(-c2ccc(Nc3ccccc3CC=C)c(-c3ccccc3)c2-c2ccccc2)cc1. The largest absolute Gasteiger partial charge is 0.355 e.